The van der Waals surface area contributed by atoms with E-state index in [2.05, 4.69) is 41.4 Å². The third-order valence-electron chi connectivity index (χ3n) is 5.21. The highest BCUT2D eigenvalue weighted by atomic mass is 79.9. The normalized spacial score (nSPS) is 14.4. The molecule has 12 heteroatoms. The van der Waals surface area contributed by atoms with E-state index in [0.29, 0.717) is 28.6 Å². The number of nitrogens with zero attached hydrogens (tertiary/aromatic N) is 3. The van der Waals surface area contributed by atoms with Crippen LogP contribution in [0, 0.1) is 11.6 Å². The molecule has 0 unspecified atom stereocenters. The van der Waals surface area contributed by atoms with Gasteiger partial charge in [0.25, 0.3) is 0 Å². The summed E-state index contributed by atoms with van der Waals surface area (Å²) in [6, 6.07) is 2.60. The maximum Gasteiger partial charge on any atom is 0.319 e. The van der Waals surface area contributed by atoms with Gasteiger partial charge in [0.2, 0.25) is 5.91 Å². The third kappa shape index (κ3) is 5.22. The van der Waals surface area contributed by atoms with Crippen LogP contribution in [0.4, 0.5) is 19.3 Å². The Kier molecular flexibility index (Phi) is 6.75. The van der Waals surface area contributed by atoms with Gasteiger partial charge in [-0.05, 0) is 29.0 Å². The van der Waals surface area contributed by atoms with E-state index in [0.717, 1.165) is 25.2 Å². The number of amides is 3. The lowest BCUT2D eigenvalue weighted by Crippen LogP contribution is -2.50. The topological polar surface area (TPSA) is 103 Å². The van der Waals surface area contributed by atoms with Crippen LogP contribution in [0.15, 0.2) is 35.1 Å². The SMILES string of the molecule is CN1CCN(C(=O)CNC(=O)Nc2cc(F)c(Oc3ccnc4[nH]cc(Br)c34)c(F)c2)CC1. The Bertz CT molecular complexity index is 1170. The molecule has 3 heterocycles. The van der Waals surface area contributed by atoms with Gasteiger partial charge in [-0.3, -0.25) is 4.79 Å². The van der Waals surface area contributed by atoms with Crippen molar-refractivity contribution in [1.82, 2.24) is 25.1 Å². The first-order valence-electron chi connectivity index (χ1n) is 10.1. The van der Waals surface area contributed by atoms with Crippen molar-refractivity contribution < 1.29 is 23.1 Å². The number of rotatable bonds is 5. The summed E-state index contributed by atoms with van der Waals surface area (Å²) in [5, 5.41) is 5.27. The zero-order valence-electron chi connectivity index (χ0n) is 17.6. The van der Waals surface area contributed by atoms with Crippen LogP contribution in [0.25, 0.3) is 11.0 Å². The number of piperazine rings is 1. The zero-order chi connectivity index (χ0) is 23.5. The number of fused-ring (bicyclic) bond motifs is 1. The quantitative estimate of drug-likeness (QED) is 0.477. The summed E-state index contributed by atoms with van der Waals surface area (Å²) in [7, 11) is 1.97. The minimum absolute atomic E-state index is 0.121. The van der Waals surface area contributed by atoms with Gasteiger partial charge in [-0.15, -0.1) is 0 Å². The number of H-pyrrole nitrogens is 1. The molecule has 1 fully saturated rings. The molecule has 1 aliphatic rings. The molecule has 0 radical (unpaired) electrons. The van der Waals surface area contributed by atoms with Crippen LogP contribution in [0.1, 0.15) is 0 Å². The predicted octanol–water partition coefficient (Wildman–Crippen LogP) is 3.29. The average Bonchev–Trinajstić information content (AvgIpc) is 3.17. The second-order valence-electron chi connectivity index (χ2n) is 7.53. The Morgan fingerprint density at radius 3 is 2.61 bits per heavy atom. The molecule has 0 spiro atoms. The van der Waals surface area contributed by atoms with Crippen molar-refractivity contribution in [2.24, 2.45) is 0 Å². The van der Waals surface area contributed by atoms with E-state index in [-0.39, 0.29) is 23.9 Å². The molecule has 33 heavy (non-hydrogen) atoms. The van der Waals surface area contributed by atoms with Gasteiger partial charge in [-0.1, -0.05) is 0 Å². The highest BCUT2D eigenvalue weighted by molar-refractivity contribution is 9.10. The summed E-state index contributed by atoms with van der Waals surface area (Å²) in [5.41, 5.74) is 0.367. The fraction of sp³-hybridized carbons (Fsp3) is 0.286. The highest BCUT2D eigenvalue weighted by Gasteiger charge is 2.20. The van der Waals surface area contributed by atoms with E-state index in [4.69, 9.17) is 4.74 Å². The summed E-state index contributed by atoms with van der Waals surface area (Å²) < 4.78 is 35.4. The summed E-state index contributed by atoms with van der Waals surface area (Å²) in [4.78, 5) is 35.1. The molecular weight excluding hydrogens is 502 g/mol. The second-order valence-corrected chi connectivity index (χ2v) is 8.39. The van der Waals surface area contributed by atoms with E-state index in [1.165, 1.54) is 12.3 Å². The maximum absolute atomic E-state index is 14.6. The molecule has 1 aromatic carbocycles. The third-order valence-corrected chi connectivity index (χ3v) is 5.84. The number of hydrogen-bond donors (Lipinski definition) is 3. The first-order valence-corrected chi connectivity index (χ1v) is 10.9. The summed E-state index contributed by atoms with van der Waals surface area (Å²) in [6.45, 7) is 2.47. The Morgan fingerprint density at radius 1 is 1.21 bits per heavy atom. The zero-order valence-corrected chi connectivity index (χ0v) is 19.2. The Hall–Kier alpha value is -3.25. The average molecular weight is 523 g/mol. The number of benzene rings is 1. The van der Waals surface area contributed by atoms with Crippen molar-refractivity contribution in [3.63, 3.8) is 0 Å². The van der Waals surface area contributed by atoms with Crippen LogP contribution in [0.2, 0.25) is 0 Å². The molecular formula is C21H21BrF2N6O3. The number of ether oxygens (including phenoxy) is 1. The molecule has 9 nitrogen and oxygen atoms in total. The predicted molar refractivity (Wildman–Crippen MR) is 121 cm³/mol. The van der Waals surface area contributed by atoms with Gasteiger partial charge in [0.15, 0.2) is 17.4 Å². The smallest absolute Gasteiger partial charge is 0.319 e. The summed E-state index contributed by atoms with van der Waals surface area (Å²) >= 11 is 3.34. The molecule has 3 amide bonds. The van der Waals surface area contributed by atoms with E-state index in [1.54, 1.807) is 11.1 Å². The summed E-state index contributed by atoms with van der Waals surface area (Å²) in [6.07, 6.45) is 3.08. The number of halogens is 3. The molecule has 2 aromatic heterocycles. The Labute approximate surface area is 196 Å². The van der Waals surface area contributed by atoms with Crippen LogP contribution < -0.4 is 15.4 Å². The second kappa shape index (κ2) is 9.71. The van der Waals surface area contributed by atoms with Crippen molar-refractivity contribution in [3.8, 4) is 11.5 Å². The van der Waals surface area contributed by atoms with Crippen molar-refractivity contribution in [1.29, 1.82) is 0 Å². The number of nitrogens with one attached hydrogen (secondary N) is 3. The molecule has 0 aliphatic carbocycles. The first kappa shape index (κ1) is 22.9. The standard InChI is InChI=1S/C21H21BrF2N6O3/c1-29-4-6-30(7-5-29)17(31)11-27-21(32)28-12-8-14(23)19(15(24)9-12)33-16-2-3-25-20-18(16)13(22)10-26-20/h2-3,8-10H,4-7,11H2,1H3,(H,25,26)(H2,27,28,32). The monoisotopic (exact) mass is 522 g/mol. The number of aromatic nitrogens is 2. The molecule has 0 saturated carbocycles. The minimum Gasteiger partial charge on any atom is -0.450 e. The van der Waals surface area contributed by atoms with Crippen molar-refractivity contribution >= 4 is 44.6 Å². The lowest BCUT2D eigenvalue weighted by molar-refractivity contribution is -0.131. The fourth-order valence-corrected chi connectivity index (χ4v) is 3.91. The fourth-order valence-electron chi connectivity index (χ4n) is 3.41. The van der Waals surface area contributed by atoms with Gasteiger partial charge in [0.1, 0.15) is 11.4 Å². The van der Waals surface area contributed by atoms with E-state index < -0.39 is 23.4 Å². The molecule has 3 N–H and O–H groups in total. The van der Waals surface area contributed by atoms with Gasteiger partial charge in [-0.2, -0.15) is 0 Å². The van der Waals surface area contributed by atoms with Gasteiger partial charge < -0.3 is 30.2 Å². The molecule has 3 aromatic rings. The Morgan fingerprint density at radius 2 is 1.91 bits per heavy atom. The lowest BCUT2D eigenvalue weighted by Gasteiger charge is -2.32. The number of aromatic amines is 1. The van der Waals surface area contributed by atoms with E-state index in [9.17, 15) is 18.4 Å². The van der Waals surface area contributed by atoms with E-state index >= 15 is 0 Å². The molecule has 0 atom stereocenters. The Balaban J connectivity index is 1.39. The molecule has 4 rings (SSSR count). The first-order chi connectivity index (χ1) is 15.8. The van der Waals surface area contributed by atoms with Crippen molar-refractivity contribution in [3.05, 3.63) is 46.7 Å². The number of hydrogen-bond acceptors (Lipinski definition) is 5. The van der Waals surface area contributed by atoms with Crippen molar-refractivity contribution in [2.75, 3.05) is 45.1 Å². The molecule has 0 bridgehead atoms. The number of carbonyl (C=O) groups excluding carboxylic acids is 2. The van der Waals surface area contributed by atoms with Crippen LogP contribution in [-0.2, 0) is 4.79 Å². The lowest BCUT2D eigenvalue weighted by atomic mass is 10.2. The van der Waals surface area contributed by atoms with Gasteiger partial charge >= 0.3 is 6.03 Å². The van der Waals surface area contributed by atoms with E-state index in [1.807, 2.05) is 7.05 Å². The number of carbonyl (C=O) groups is 2. The van der Waals surface area contributed by atoms with Gasteiger partial charge in [0, 0.05) is 60.9 Å². The van der Waals surface area contributed by atoms with Gasteiger partial charge in [0.05, 0.1) is 11.9 Å². The largest absolute Gasteiger partial charge is 0.450 e. The van der Waals surface area contributed by atoms with Crippen LogP contribution in [0.3, 0.4) is 0 Å². The number of pyridine rings is 1. The van der Waals surface area contributed by atoms with Crippen molar-refractivity contribution in [2.45, 2.75) is 0 Å². The summed E-state index contributed by atoms with van der Waals surface area (Å²) in [5.74, 6) is -2.65. The van der Waals surface area contributed by atoms with Crippen LogP contribution in [0.5, 0.6) is 11.5 Å². The highest BCUT2D eigenvalue weighted by Crippen LogP contribution is 2.36. The number of anilines is 1. The number of likely N-dealkylation sites (N-methyl/N-ethyl adjacent to an activating group) is 1. The number of urea groups is 1. The maximum atomic E-state index is 14.6. The minimum atomic E-state index is -1.00. The molecule has 1 saturated heterocycles. The van der Waals surface area contributed by atoms with Crippen LogP contribution in [-0.4, -0.2) is 71.5 Å². The molecule has 174 valence electrons. The van der Waals surface area contributed by atoms with Crippen LogP contribution >= 0.6 is 15.9 Å². The van der Waals surface area contributed by atoms with Gasteiger partial charge in [-0.25, -0.2) is 18.6 Å². The molecule has 1 aliphatic heterocycles.